The van der Waals surface area contributed by atoms with Crippen LogP contribution in [0.4, 0.5) is 0 Å². The molecule has 4 heterocycles. The molecule has 0 N–H and O–H groups in total. The minimum Gasteiger partial charge on any atom is -0.309 e. The number of para-hydroxylation sites is 2. The number of hydrogen-bond donors (Lipinski definition) is 0. The second-order valence-corrected chi connectivity index (χ2v) is 29.1. The highest BCUT2D eigenvalue weighted by atomic mass is 15.0. The molecule has 4 nitrogen and oxygen atoms in total. The van der Waals surface area contributed by atoms with Gasteiger partial charge in [-0.15, -0.1) is 0 Å². The lowest BCUT2D eigenvalue weighted by Gasteiger charge is -2.11. The Bertz CT molecular complexity index is 7310. The van der Waals surface area contributed by atoms with Crippen molar-refractivity contribution in [2.24, 2.45) is 0 Å². The van der Waals surface area contributed by atoms with Gasteiger partial charge in [0.1, 0.15) is 0 Å². The lowest BCUT2D eigenvalue weighted by molar-refractivity contribution is 1.18. The Morgan fingerprint density at radius 3 is 0.714 bits per heavy atom. The lowest BCUT2D eigenvalue weighted by Crippen LogP contribution is -1.94. The van der Waals surface area contributed by atoms with Gasteiger partial charge < -0.3 is 18.3 Å². The van der Waals surface area contributed by atoms with Crippen LogP contribution in [0.3, 0.4) is 0 Å². The Balaban J connectivity index is 0.000000141. The standard InChI is InChI=1S/2C54H36N2/c1-4-15-37(16-5-1)40-21-12-23-44(33-40)55-50-27-11-10-25-47(50)48-35-42(29-31-51(48)55)43-30-32-52-49(36-43)54-46(39-19-8-3-9-20-39)26-14-28-53(54)56(52)45-24-13-22-41(34-45)38-17-6-2-7-18-38;1-4-14-37(15-5-1)39-26-30-44(31-27-39)55-50-24-11-10-22-47(50)48-35-42(28-32-51(48)55)43-29-33-52-49(36-43)54-46(40-18-8-3-9-19-40)23-13-25-53(54)56(52)45-21-12-20-41(34-45)38-16-6-2-7-17-38/h2*1-36H. The normalized spacial score (nSPS) is 11.6. The number of benzene rings is 18. The summed E-state index contributed by atoms with van der Waals surface area (Å²) in [4.78, 5) is 0. The molecule has 112 heavy (non-hydrogen) atoms. The van der Waals surface area contributed by atoms with Gasteiger partial charge in [0.05, 0.1) is 44.1 Å². The number of rotatable bonds is 12. The highest BCUT2D eigenvalue weighted by molar-refractivity contribution is 6.19. The van der Waals surface area contributed by atoms with Crippen molar-refractivity contribution in [2.75, 3.05) is 0 Å². The molecule has 0 bridgehead atoms. The summed E-state index contributed by atoms with van der Waals surface area (Å²) in [5.74, 6) is 0. The molecule has 0 aliphatic carbocycles. The van der Waals surface area contributed by atoms with Gasteiger partial charge in [-0.2, -0.15) is 0 Å². The van der Waals surface area contributed by atoms with Crippen LogP contribution in [0.1, 0.15) is 0 Å². The first kappa shape index (κ1) is 65.5. The minimum atomic E-state index is 1.15. The molecule has 0 radical (unpaired) electrons. The molecule has 0 saturated carbocycles. The lowest BCUT2D eigenvalue weighted by atomic mass is 9.97. The molecule has 0 aliphatic rings. The zero-order chi connectivity index (χ0) is 74.0. The van der Waals surface area contributed by atoms with Crippen molar-refractivity contribution in [2.45, 2.75) is 0 Å². The van der Waals surface area contributed by atoms with E-state index >= 15 is 0 Å². The monoisotopic (exact) mass is 1420 g/mol. The largest absolute Gasteiger partial charge is 0.309 e. The Morgan fingerprint density at radius 1 is 0.116 bits per heavy atom. The number of aromatic nitrogens is 4. The van der Waals surface area contributed by atoms with E-state index in [1.54, 1.807) is 0 Å². The smallest absolute Gasteiger partial charge is 0.0547 e. The van der Waals surface area contributed by atoms with Gasteiger partial charge in [-0.3, -0.25) is 0 Å². The third kappa shape index (κ3) is 11.5. The first-order chi connectivity index (χ1) is 55.6. The van der Waals surface area contributed by atoms with Crippen LogP contribution in [0.25, 0.3) is 199 Å². The maximum absolute atomic E-state index is 2.44. The number of hydrogen-bond acceptors (Lipinski definition) is 0. The molecule has 22 rings (SSSR count). The van der Waals surface area contributed by atoms with Crippen molar-refractivity contribution in [3.8, 4) is 112 Å². The van der Waals surface area contributed by atoms with Crippen LogP contribution in [-0.4, -0.2) is 18.3 Å². The fourth-order valence-electron chi connectivity index (χ4n) is 17.4. The molecule has 0 saturated heterocycles. The predicted octanol–water partition coefficient (Wildman–Crippen LogP) is 29.1. The van der Waals surface area contributed by atoms with Crippen molar-refractivity contribution in [3.63, 3.8) is 0 Å². The highest BCUT2D eigenvalue weighted by Gasteiger charge is 2.23. The summed E-state index contributed by atoms with van der Waals surface area (Å²) in [7, 11) is 0. The van der Waals surface area contributed by atoms with Crippen LogP contribution in [0.5, 0.6) is 0 Å². The maximum atomic E-state index is 2.44. The molecule has 0 aliphatic heterocycles. The van der Waals surface area contributed by atoms with Gasteiger partial charge in [0.15, 0.2) is 0 Å². The molecule has 0 atom stereocenters. The van der Waals surface area contributed by atoms with E-state index in [2.05, 4.69) is 455 Å². The summed E-state index contributed by atoms with van der Waals surface area (Å²) < 4.78 is 9.68. The maximum Gasteiger partial charge on any atom is 0.0547 e. The Kier molecular flexibility index (Phi) is 16.2. The molecular formula is C108H72N4. The third-order valence-electron chi connectivity index (χ3n) is 22.6. The van der Waals surface area contributed by atoms with E-state index in [9.17, 15) is 0 Å². The number of nitrogens with zero attached hydrogens (tertiary/aromatic N) is 4. The zero-order valence-electron chi connectivity index (χ0n) is 61.4. The number of fused-ring (bicyclic) bond motifs is 12. The van der Waals surface area contributed by atoms with E-state index in [-0.39, 0.29) is 0 Å². The SMILES string of the molecule is c1ccc(-c2ccc(-n3c4ccccc4c4cc(-c5ccc6c(c5)c5c(-c7ccccc7)cccc5n6-c5cccc(-c6ccccc6)c5)ccc43)cc2)cc1.c1ccc(-c2cccc(-n3c4ccccc4c4cc(-c5ccc6c(c5)c5c(-c7ccccc7)cccc5n6-c5cccc(-c6ccccc6)c5)ccc43)c2)cc1. The Morgan fingerprint density at radius 2 is 0.348 bits per heavy atom. The van der Waals surface area contributed by atoms with Crippen molar-refractivity contribution in [1.29, 1.82) is 0 Å². The van der Waals surface area contributed by atoms with Crippen molar-refractivity contribution < 1.29 is 0 Å². The van der Waals surface area contributed by atoms with E-state index in [1.807, 2.05) is 0 Å². The molecule has 0 spiro atoms. The molecule has 0 unspecified atom stereocenters. The van der Waals surface area contributed by atoms with Crippen LogP contribution in [0.2, 0.25) is 0 Å². The second-order valence-electron chi connectivity index (χ2n) is 29.1. The fourth-order valence-corrected chi connectivity index (χ4v) is 17.4. The van der Waals surface area contributed by atoms with Crippen molar-refractivity contribution in [1.82, 2.24) is 18.3 Å². The second kappa shape index (κ2) is 27.7. The van der Waals surface area contributed by atoms with E-state index in [0.29, 0.717) is 0 Å². The molecule has 18 aromatic carbocycles. The zero-order valence-corrected chi connectivity index (χ0v) is 61.4. The summed E-state index contributed by atoms with van der Waals surface area (Å²) in [5, 5.41) is 9.99. The average Bonchev–Trinajstić information content (AvgIpc) is 1.56. The van der Waals surface area contributed by atoms with Crippen molar-refractivity contribution in [3.05, 3.63) is 437 Å². The van der Waals surface area contributed by atoms with Gasteiger partial charge in [0.25, 0.3) is 0 Å². The van der Waals surface area contributed by atoms with Gasteiger partial charge in [0.2, 0.25) is 0 Å². The van der Waals surface area contributed by atoms with E-state index in [1.165, 1.54) is 176 Å². The molecule has 22 aromatic rings. The average molecular weight is 1430 g/mol. The Hall–Kier alpha value is -14.8. The molecule has 0 fully saturated rings. The van der Waals surface area contributed by atoms with Gasteiger partial charge in [-0.1, -0.05) is 315 Å². The summed E-state index contributed by atoms with van der Waals surface area (Å²) in [5.41, 5.74) is 33.6. The summed E-state index contributed by atoms with van der Waals surface area (Å²) in [6.07, 6.45) is 0. The van der Waals surface area contributed by atoms with E-state index < -0.39 is 0 Å². The fraction of sp³-hybridized carbons (Fsp3) is 0. The molecular weight excluding hydrogens is 1350 g/mol. The van der Waals surface area contributed by atoms with Gasteiger partial charge in [-0.25, -0.2) is 0 Å². The van der Waals surface area contributed by atoms with Gasteiger partial charge in [0, 0.05) is 65.8 Å². The van der Waals surface area contributed by atoms with Crippen LogP contribution >= 0.6 is 0 Å². The van der Waals surface area contributed by atoms with E-state index in [0.717, 1.165) is 22.7 Å². The van der Waals surface area contributed by atoms with E-state index in [4.69, 9.17) is 0 Å². The Labute approximate surface area is 649 Å². The first-order valence-electron chi connectivity index (χ1n) is 38.5. The summed E-state index contributed by atoms with van der Waals surface area (Å²) in [6, 6.07) is 159. The first-order valence-corrected chi connectivity index (χ1v) is 38.5. The molecule has 4 heteroatoms. The molecule has 4 aromatic heterocycles. The van der Waals surface area contributed by atoms with Gasteiger partial charge in [-0.05, 0) is 210 Å². The third-order valence-corrected chi connectivity index (χ3v) is 22.6. The predicted molar refractivity (Wildman–Crippen MR) is 474 cm³/mol. The quantitative estimate of drug-likeness (QED) is 0.116. The van der Waals surface area contributed by atoms with Crippen LogP contribution in [0.15, 0.2) is 437 Å². The van der Waals surface area contributed by atoms with Crippen LogP contribution < -0.4 is 0 Å². The minimum absolute atomic E-state index is 1.15. The highest BCUT2D eigenvalue weighted by Crippen LogP contribution is 2.46. The molecule has 524 valence electrons. The van der Waals surface area contributed by atoms with Crippen LogP contribution in [-0.2, 0) is 0 Å². The summed E-state index contributed by atoms with van der Waals surface area (Å²) >= 11 is 0. The summed E-state index contributed by atoms with van der Waals surface area (Å²) in [6.45, 7) is 0. The van der Waals surface area contributed by atoms with Gasteiger partial charge >= 0.3 is 0 Å². The topological polar surface area (TPSA) is 19.7 Å². The van der Waals surface area contributed by atoms with Crippen LogP contribution in [0, 0.1) is 0 Å². The van der Waals surface area contributed by atoms with Crippen molar-refractivity contribution >= 4 is 87.2 Å². The molecule has 0 amide bonds.